The first kappa shape index (κ1) is 16.8. The average molecular weight is 308 g/mol. The Hall–Kier alpha value is -1.56. The van der Waals surface area contributed by atoms with Gasteiger partial charge in [-0.1, -0.05) is 0 Å². The molecule has 1 aliphatic heterocycles. The molecule has 6 nitrogen and oxygen atoms in total. The summed E-state index contributed by atoms with van der Waals surface area (Å²) in [6.07, 6.45) is 9.05. The van der Waals surface area contributed by atoms with Crippen LogP contribution < -0.4 is 10.6 Å². The topological polar surface area (TPSA) is 68.2 Å². The number of urea groups is 1. The summed E-state index contributed by atoms with van der Waals surface area (Å²) in [5.74, 6) is 0.532. The van der Waals surface area contributed by atoms with Crippen molar-refractivity contribution in [2.45, 2.75) is 45.1 Å². The minimum absolute atomic E-state index is 0.0552. The van der Waals surface area contributed by atoms with Crippen LogP contribution in [0.5, 0.6) is 0 Å². The highest BCUT2D eigenvalue weighted by atomic mass is 16.5. The molecule has 22 heavy (non-hydrogen) atoms. The number of carbonyl (C=O) groups is 1. The fraction of sp³-hybridized carbons (Fsp3) is 0.750. The van der Waals surface area contributed by atoms with Crippen LogP contribution in [0.4, 0.5) is 4.79 Å². The van der Waals surface area contributed by atoms with Gasteiger partial charge in [0.1, 0.15) is 0 Å². The summed E-state index contributed by atoms with van der Waals surface area (Å²) in [4.78, 5) is 11.9. The number of aryl methyl sites for hydroxylation is 2. The molecular weight excluding hydrogens is 280 g/mol. The van der Waals surface area contributed by atoms with E-state index in [0.29, 0.717) is 12.5 Å². The van der Waals surface area contributed by atoms with Crippen molar-refractivity contribution in [3.05, 3.63) is 18.0 Å². The first-order valence-electron chi connectivity index (χ1n) is 8.25. The first-order valence-corrected chi connectivity index (χ1v) is 8.25. The lowest BCUT2D eigenvalue weighted by Crippen LogP contribution is -2.45. The lowest BCUT2D eigenvalue weighted by atomic mass is 9.93. The van der Waals surface area contributed by atoms with Gasteiger partial charge in [-0.2, -0.15) is 5.10 Å². The molecule has 1 aliphatic rings. The summed E-state index contributed by atoms with van der Waals surface area (Å²) in [6, 6.07) is 0.152. The second-order valence-electron chi connectivity index (χ2n) is 6.12. The van der Waals surface area contributed by atoms with Crippen molar-refractivity contribution in [2.75, 3.05) is 19.8 Å². The molecule has 6 heteroatoms. The molecule has 0 unspecified atom stereocenters. The molecule has 1 aromatic rings. The number of rotatable bonds is 7. The number of unbranched alkanes of at least 4 members (excludes halogenated alkanes) is 1. The van der Waals surface area contributed by atoms with Crippen molar-refractivity contribution >= 4 is 6.03 Å². The summed E-state index contributed by atoms with van der Waals surface area (Å²) >= 11 is 0. The van der Waals surface area contributed by atoms with Crippen LogP contribution in [-0.2, 0) is 18.2 Å². The van der Waals surface area contributed by atoms with Gasteiger partial charge in [-0.3, -0.25) is 4.68 Å². The number of hydrogen-bond acceptors (Lipinski definition) is 3. The molecule has 0 aromatic carbocycles. The van der Waals surface area contributed by atoms with E-state index in [1.807, 2.05) is 24.1 Å². The third kappa shape index (κ3) is 5.67. The van der Waals surface area contributed by atoms with Gasteiger partial charge in [0.15, 0.2) is 0 Å². The van der Waals surface area contributed by atoms with E-state index in [2.05, 4.69) is 22.7 Å². The number of nitrogens with one attached hydrogen (secondary N) is 2. The van der Waals surface area contributed by atoms with Gasteiger partial charge >= 0.3 is 6.03 Å². The number of aromatic nitrogens is 2. The van der Waals surface area contributed by atoms with E-state index >= 15 is 0 Å². The molecule has 1 atom stereocenters. The number of ether oxygens (including phenoxy) is 1. The van der Waals surface area contributed by atoms with E-state index in [-0.39, 0.29) is 12.1 Å². The van der Waals surface area contributed by atoms with Crippen molar-refractivity contribution in [3.8, 4) is 0 Å². The van der Waals surface area contributed by atoms with Crippen molar-refractivity contribution in [1.82, 2.24) is 20.4 Å². The number of amides is 2. The molecule has 2 rings (SSSR count). The normalized spacial score (nSPS) is 17.2. The maximum atomic E-state index is 11.9. The Morgan fingerprint density at radius 1 is 1.45 bits per heavy atom. The molecule has 1 aromatic heterocycles. The second-order valence-corrected chi connectivity index (χ2v) is 6.12. The quantitative estimate of drug-likeness (QED) is 0.756. The lowest BCUT2D eigenvalue weighted by molar-refractivity contribution is 0.0571. The molecular formula is C16H28N4O2. The zero-order valence-electron chi connectivity index (χ0n) is 13.7. The number of hydrogen-bond donors (Lipinski definition) is 2. The summed E-state index contributed by atoms with van der Waals surface area (Å²) in [5, 5.41) is 10.1. The van der Waals surface area contributed by atoms with E-state index in [0.717, 1.165) is 45.3 Å². The fourth-order valence-electron chi connectivity index (χ4n) is 2.85. The maximum absolute atomic E-state index is 11.9. The Kier molecular flexibility index (Phi) is 6.71. The van der Waals surface area contributed by atoms with Crippen LogP contribution in [0.1, 0.15) is 38.2 Å². The van der Waals surface area contributed by atoms with Crippen LogP contribution in [0.3, 0.4) is 0 Å². The summed E-state index contributed by atoms with van der Waals surface area (Å²) < 4.78 is 7.17. The standard InChI is InChI=1S/C16H28N4O2/c1-13(15-6-9-22-10-7-15)19-16(21)17-8-4-3-5-14-11-18-20(2)12-14/h11-13,15H,3-10H2,1-2H3,(H2,17,19,21)/t13-/m1/s1. The molecule has 0 radical (unpaired) electrons. The van der Waals surface area contributed by atoms with Gasteiger partial charge in [0.25, 0.3) is 0 Å². The third-order valence-corrected chi connectivity index (χ3v) is 4.27. The highest BCUT2D eigenvalue weighted by Crippen LogP contribution is 2.18. The lowest BCUT2D eigenvalue weighted by Gasteiger charge is -2.28. The molecule has 2 N–H and O–H groups in total. The Balaban J connectivity index is 1.53. The summed E-state index contributed by atoms with van der Waals surface area (Å²) in [6.45, 7) is 4.42. The zero-order valence-corrected chi connectivity index (χ0v) is 13.7. The Bertz CT molecular complexity index is 455. The van der Waals surface area contributed by atoms with Crippen molar-refractivity contribution in [1.29, 1.82) is 0 Å². The maximum Gasteiger partial charge on any atom is 0.315 e. The van der Waals surface area contributed by atoms with Gasteiger partial charge in [0.2, 0.25) is 0 Å². The van der Waals surface area contributed by atoms with Crippen LogP contribution in [-0.4, -0.2) is 41.6 Å². The van der Waals surface area contributed by atoms with Gasteiger partial charge in [-0.25, -0.2) is 4.79 Å². The highest BCUT2D eigenvalue weighted by Gasteiger charge is 2.21. The average Bonchev–Trinajstić information content (AvgIpc) is 2.93. The molecule has 2 amide bonds. The van der Waals surface area contributed by atoms with Gasteiger partial charge in [-0.15, -0.1) is 0 Å². The highest BCUT2D eigenvalue weighted by molar-refractivity contribution is 5.74. The van der Waals surface area contributed by atoms with Gasteiger partial charge < -0.3 is 15.4 Å². The van der Waals surface area contributed by atoms with E-state index in [9.17, 15) is 4.79 Å². The Labute approximate surface area is 132 Å². The van der Waals surface area contributed by atoms with Crippen molar-refractivity contribution in [3.63, 3.8) is 0 Å². The molecule has 0 bridgehead atoms. The SMILES string of the molecule is C[C@@H](NC(=O)NCCCCc1cnn(C)c1)C1CCOCC1. The molecule has 0 spiro atoms. The van der Waals surface area contributed by atoms with E-state index < -0.39 is 0 Å². The molecule has 1 saturated heterocycles. The zero-order chi connectivity index (χ0) is 15.8. The van der Waals surface area contributed by atoms with E-state index in [1.54, 1.807) is 0 Å². The molecule has 1 fully saturated rings. The smallest absolute Gasteiger partial charge is 0.315 e. The van der Waals surface area contributed by atoms with Crippen LogP contribution in [0, 0.1) is 5.92 Å². The predicted octanol–water partition coefficient (Wildman–Crippen LogP) is 1.86. The van der Waals surface area contributed by atoms with Crippen LogP contribution >= 0.6 is 0 Å². The van der Waals surface area contributed by atoms with E-state index in [1.165, 1.54) is 5.56 Å². The Morgan fingerprint density at radius 3 is 2.91 bits per heavy atom. The monoisotopic (exact) mass is 308 g/mol. The third-order valence-electron chi connectivity index (χ3n) is 4.27. The molecule has 0 aliphatic carbocycles. The van der Waals surface area contributed by atoms with Crippen molar-refractivity contribution < 1.29 is 9.53 Å². The van der Waals surface area contributed by atoms with Crippen LogP contribution in [0.2, 0.25) is 0 Å². The van der Waals surface area contributed by atoms with Gasteiger partial charge in [0.05, 0.1) is 6.20 Å². The summed E-state index contributed by atoms with van der Waals surface area (Å²) in [7, 11) is 1.93. The predicted molar refractivity (Wildman–Crippen MR) is 85.7 cm³/mol. The Morgan fingerprint density at radius 2 is 2.23 bits per heavy atom. The van der Waals surface area contributed by atoms with Crippen LogP contribution in [0.25, 0.3) is 0 Å². The fourth-order valence-corrected chi connectivity index (χ4v) is 2.85. The van der Waals surface area contributed by atoms with Crippen molar-refractivity contribution in [2.24, 2.45) is 13.0 Å². The van der Waals surface area contributed by atoms with Gasteiger partial charge in [-0.05, 0) is 50.5 Å². The largest absolute Gasteiger partial charge is 0.381 e. The number of carbonyl (C=O) groups excluding carboxylic acids is 1. The minimum Gasteiger partial charge on any atom is -0.381 e. The molecule has 2 heterocycles. The number of nitrogens with zero attached hydrogens (tertiary/aromatic N) is 2. The molecule has 124 valence electrons. The summed E-state index contributed by atoms with van der Waals surface area (Å²) in [5.41, 5.74) is 1.25. The van der Waals surface area contributed by atoms with Crippen LogP contribution in [0.15, 0.2) is 12.4 Å². The first-order chi connectivity index (χ1) is 10.6. The van der Waals surface area contributed by atoms with Gasteiger partial charge in [0, 0.05) is 39.0 Å². The molecule has 0 saturated carbocycles. The minimum atomic E-state index is -0.0552. The second kappa shape index (κ2) is 8.78. The van der Waals surface area contributed by atoms with E-state index in [4.69, 9.17) is 4.74 Å².